The Bertz CT molecular complexity index is 773. The molecule has 0 aliphatic carbocycles. The summed E-state index contributed by atoms with van der Waals surface area (Å²) >= 11 is 0. The number of aromatic nitrogens is 2. The Kier molecular flexibility index (Phi) is 3.55. The Hall–Kier alpha value is -2.70. The van der Waals surface area contributed by atoms with Crippen molar-refractivity contribution < 1.29 is 14.0 Å². The van der Waals surface area contributed by atoms with Gasteiger partial charge in [0.2, 0.25) is 23.6 Å². The zero-order valence-electron chi connectivity index (χ0n) is 13.4. The van der Waals surface area contributed by atoms with Crippen molar-refractivity contribution in [2.45, 2.75) is 38.4 Å². The molecule has 3 heterocycles. The molecule has 7 nitrogen and oxygen atoms in total. The lowest BCUT2D eigenvalue weighted by Gasteiger charge is -2.40. The molecule has 2 aliphatic rings. The largest absolute Gasteiger partial charge is 0.419 e. The number of rotatable bonds is 3. The lowest BCUT2D eigenvalue weighted by atomic mass is 10.1. The van der Waals surface area contributed by atoms with E-state index >= 15 is 0 Å². The molecular formula is C17H18N4O3. The van der Waals surface area contributed by atoms with E-state index < -0.39 is 6.04 Å². The summed E-state index contributed by atoms with van der Waals surface area (Å²) in [7, 11) is 0. The van der Waals surface area contributed by atoms with Crippen LogP contribution in [0.1, 0.15) is 25.7 Å². The minimum Gasteiger partial charge on any atom is -0.419 e. The summed E-state index contributed by atoms with van der Waals surface area (Å²) in [6, 6.07) is 8.63. The van der Waals surface area contributed by atoms with Gasteiger partial charge in [0.25, 0.3) is 0 Å². The molecule has 0 saturated carbocycles. The van der Waals surface area contributed by atoms with E-state index in [1.54, 1.807) is 16.7 Å². The molecule has 1 aromatic heterocycles. The van der Waals surface area contributed by atoms with E-state index in [2.05, 4.69) is 10.2 Å². The molecule has 0 spiro atoms. The Labute approximate surface area is 139 Å². The molecule has 2 fully saturated rings. The van der Waals surface area contributed by atoms with Crippen LogP contribution in [0.25, 0.3) is 11.5 Å². The molecule has 0 unspecified atom stereocenters. The first-order valence-corrected chi connectivity index (χ1v) is 8.14. The first-order valence-electron chi connectivity index (χ1n) is 8.14. The molecule has 24 heavy (non-hydrogen) atoms. The Balaban J connectivity index is 1.55. The van der Waals surface area contributed by atoms with Crippen molar-refractivity contribution in [2.75, 3.05) is 6.54 Å². The number of carbonyl (C=O) groups is 2. The van der Waals surface area contributed by atoms with Gasteiger partial charge in [-0.05, 0) is 31.9 Å². The fourth-order valence-corrected chi connectivity index (χ4v) is 3.42. The maximum atomic E-state index is 12.7. The summed E-state index contributed by atoms with van der Waals surface area (Å²) < 4.78 is 5.67. The van der Waals surface area contributed by atoms with E-state index in [1.165, 1.54) is 0 Å². The number of piperazine rings is 1. The van der Waals surface area contributed by atoms with Crippen molar-refractivity contribution in [1.82, 2.24) is 20.0 Å². The first kappa shape index (κ1) is 14.9. The van der Waals surface area contributed by atoms with Gasteiger partial charge >= 0.3 is 0 Å². The van der Waals surface area contributed by atoms with E-state index in [-0.39, 0.29) is 24.4 Å². The third-order valence-corrected chi connectivity index (χ3v) is 4.72. The zero-order valence-corrected chi connectivity index (χ0v) is 13.4. The molecule has 2 atom stereocenters. The monoisotopic (exact) mass is 326 g/mol. The average molecular weight is 326 g/mol. The SMILES string of the molecule is C[C@H]1C(=O)N2CCC[C@H]2C(=O)N1Cc1nnc(-c2ccccc2)o1. The molecular weight excluding hydrogens is 308 g/mol. The third kappa shape index (κ3) is 2.36. The quantitative estimate of drug-likeness (QED) is 0.853. The molecule has 124 valence electrons. The molecule has 2 saturated heterocycles. The van der Waals surface area contributed by atoms with Crippen LogP contribution in [0.2, 0.25) is 0 Å². The van der Waals surface area contributed by atoms with Gasteiger partial charge in [-0.15, -0.1) is 10.2 Å². The number of hydrogen-bond donors (Lipinski definition) is 0. The standard InChI is InChI=1S/C17H18N4O3/c1-11-16(22)20-9-5-8-13(20)17(23)21(11)10-14-18-19-15(24-14)12-6-3-2-4-7-12/h2-4,6-7,11,13H,5,8-10H2,1H3/t11-,13-/m0/s1. The molecule has 0 N–H and O–H groups in total. The minimum atomic E-state index is -0.501. The Morgan fingerprint density at radius 1 is 1.17 bits per heavy atom. The van der Waals surface area contributed by atoms with Gasteiger partial charge in [0.15, 0.2) is 0 Å². The van der Waals surface area contributed by atoms with Crippen molar-refractivity contribution in [1.29, 1.82) is 0 Å². The molecule has 1 aromatic carbocycles. The third-order valence-electron chi connectivity index (χ3n) is 4.72. The van der Waals surface area contributed by atoms with Crippen LogP contribution in [0.5, 0.6) is 0 Å². The molecule has 0 radical (unpaired) electrons. The van der Waals surface area contributed by atoms with Gasteiger partial charge in [0.1, 0.15) is 12.1 Å². The summed E-state index contributed by atoms with van der Waals surface area (Å²) in [5.74, 6) is 0.726. The fraction of sp³-hybridized carbons (Fsp3) is 0.412. The fourth-order valence-electron chi connectivity index (χ4n) is 3.42. The molecule has 2 aliphatic heterocycles. The van der Waals surface area contributed by atoms with Gasteiger partial charge in [-0.2, -0.15) is 0 Å². The van der Waals surface area contributed by atoms with Crippen molar-refractivity contribution in [2.24, 2.45) is 0 Å². The Morgan fingerprint density at radius 3 is 2.75 bits per heavy atom. The summed E-state index contributed by atoms with van der Waals surface area (Å²) in [6.45, 7) is 2.59. The van der Waals surface area contributed by atoms with Gasteiger partial charge < -0.3 is 14.2 Å². The van der Waals surface area contributed by atoms with Crippen molar-refractivity contribution in [3.8, 4) is 11.5 Å². The van der Waals surface area contributed by atoms with Crippen LogP contribution in [0.4, 0.5) is 0 Å². The van der Waals surface area contributed by atoms with E-state index in [9.17, 15) is 9.59 Å². The normalized spacial score (nSPS) is 23.7. The van der Waals surface area contributed by atoms with Crippen molar-refractivity contribution in [3.05, 3.63) is 36.2 Å². The van der Waals surface area contributed by atoms with E-state index in [1.807, 2.05) is 30.3 Å². The van der Waals surface area contributed by atoms with Crippen LogP contribution in [-0.2, 0) is 16.1 Å². The van der Waals surface area contributed by atoms with Gasteiger partial charge in [-0.3, -0.25) is 9.59 Å². The molecule has 4 rings (SSSR count). The summed E-state index contributed by atoms with van der Waals surface area (Å²) in [5.41, 5.74) is 0.826. The maximum absolute atomic E-state index is 12.7. The van der Waals surface area contributed by atoms with Gasteiger partial charge in [-0.1, -0.05) is 18.2 Å². The number of hydrogen-bond acceptors (Lipinski definition) is 5. The van der Waals surface area contributed by atoms with Crippen molar-refractivity contribution in [3.63, 3.8) is 0 Å². The number of fused-ring (bicyclic) bond motifs is 1. The lowest BCUT2D eigenvalue weighted by molar-refractivity contribution is -0.159. The molecule has 2 amide bonds. The summed E-state index contributed by atoms with van der Waals surface area (Å²) in [5, 5.41) is 8.07. The van der Waals surface area contributed by atoms with E-state index in [0.29, 0.717) is 18.3 Å². The average Bonchev–Trinajstić information content (AvgIpc) is 3.27. The maximum Gasteiger partial charge on any atom is 0.247 e. The number of nitrogens with zero attached hydrogens (tertiary/aromatic N) is 4. The minimum absolute atomic E-state index is 0.0000943. The predicted octanol–water partition coefficient (Wildman–Crippen LogP) is 1.46. The van der Waals surface area contributed by atoms with Gasteiger partial charge in [-0.25, -0.2) is 0 Å². The smallest absolute Gasteiger partial charge is 0.247 e. The number of amides is 2. The van der Waals surface area contributed by atoms with E-state index in [4.69, 9.17) is 4.42 Å². The van der Waals surface area contributed by atoms with Crippen LogP contribution in [-0.4, -0.2) is 50.4 Å². The summed E-state index contributed by atoms with van der Waals surface area (Å²) in [6.07, 6.45) is 1.61. The zero-order chi connectivity index (χ0) is 16.7. The van der Waals surface area contributed by atoms with Crippen LogP contribution in [0, 0.1) is 0 Å². The second-order valence-corrected chi connectivity index (χ2v) is 6.20. The van der Waals surface area contributed by atoms with Crippen molar-refractivity contribution >= 4 is 11.8 Å². The van der Waals surface area contributed by atoms with Crippen LogP contribution in [0.15, 0.2) is 34.7 Å². The highest BCUT2D eigenvalue weighted by Crippen LogP contribution is 2.28. The summed E-state index contributed by atoms with van der Waals surface area (Å²) in [4.78, 5) is 28.4. The van der Waals surface area contributed by atoms with Crippen LogP contribution >= 0.6 is 0 Å². The Morgan fingerprint density at radius 2 is 1.96 bits per heavy atom. The topological polar surface area (TPSA) is 79.5 Å². The predicted molar refractivity (Wildman–Crippen MR) is 84.5 cm³/mol. The second-order valence-electron chi connectivity index (χ2n) is 6.20. The van der Waals surface area contributed by atoms with Crippen LogP contribution < -0.4 is 0 Å². The van der Waals surface area contributed by atoms with Crippen LogP contribution in [0.3, 0.4) is 0 Å². The molecule has 7 heteroatoms. The highest BCUT2D eigenvalue weighted by atomic mass is 16.4. The van der Waals surface area contributed by atoms with E-state index in [0.717, 1.165) is 18.4 Å². The lowest BCUT2D eigenvalue weighted by Crippen LogP contribution is -2.61. The number of benzene rings is 1. The first-order chi connectivity index (χ1) is 11.6. The number of carbonyl (C=O) groups excluding carboxylic acids is 2. The molecule has 2 aromatic rings. The highest BCUT2D eigenvalue weighted by Gasteiger charge is 2.46. The molecule has 0 bridgehead atoms. The van der Waals surface area contributed by atoms with Gasteiger partial charge in [0, 0.05) is 12.1 Å². The highest BCUT2D eigenvalue weighted by molar-refractivity contribution is 5.97. The van der Waals surface area contributed by atoms with Gasteiger partial charge in [0.05, 0.1) is 6.54 Å². The second kappa shape index (κ2) is 5.74.